The second-order valence-electron chi connectivity index (χ2n) is 4.47. The van der Waals surface area contributed by atoms with Gasteiger partial charge in [-0.2, -0.15) is 0 Å². The van der Waals surface area contributed by atoms with Gasteiger partial charge in [0.05, 0.1) is 6.42 Å². The van der Waals surface area contributed by atoms with E-state index < -0.39 is 11.3 Å². The summed E-state index contributed by atoms with van der Waals surface area (Å²) in [4.78, 5) is 23.1. The van der Waals surface area contributed by atoms with Crippen molar-refractivity contribution in [2.75, 3.05) is 6.79 Å². The van der Waals surface area contributed by atoms with Gasteiger partial charge in [0.15, 0.2) is 0 Å². The molecule has 0 N–H and O–H groups in total. The van der Waals surface area contributed by atoms with E-state index in [1.54, 1.807) is 0 Å². The summed E-state index contributed by atoms with van der Waals surface area (Å²) in [5, 5.41) is -0.462. The smallest absolute Gasteiger partial charge is 0.370 e. The summed E-state index contributed by atoms with van der Waals surface area (Å²) in [6.07, 6.45) is 0.162. The largest absolute Gasteiger partial charge is 0.428 e. The third-order valence-corrected chi connectivity index (χ3v) is 3.62. The fourth-order valence-electron chi connectivity index (χ4n) is 1.72. The Morgan fingerprint density at radius 1 is 0.818 bits per heavy atom. The maximum Gasteiger partial charge on any atom is 0.370 e. The zero-order valence-electron chi connectivity index (χ0n) is 11.9. The molecule has 5 heteroatoms. The Balaban J connectivity index is 1.61. The molecule has 114 valence electrons. The van der Waals surface area contributed by atoms with Crippen molar-refractivity contribution >= 4 is 23.0 Å². The number of thioether (sulfide) groups is 1. The highest BCUT2D eigenvalue weighted by molar-refractivity contribution is 8.12. The molecule has 0 saturated carbocycles. The van der Waals surface area contributed by atoms with Gasteiger partial charge in [-0.3, -0.25) is 4.79 Å². The van der Waals surface area contributed by atoms with Gasteiger partial charge in [-0.05, 0) is 22.9 Å². The summed E-state index contributed by atoms with van der Waals surface area (Å²) in [5.41, 5.74) is 1.89. The van der Waals surface area contributed by atoms with Crippen LogP contribution in [0.5, 0.6) is 0 Å². The predicted octanol–water partition coefficient (Wildman–Crippen LogP) is 3.80. The van der Waals surface area contributed by atoms with Crippen molar-refractivity contribution in [3.05, 3.63) is 71.8 Å². The van der Waals surface area contributed by atoms with Crippen LogP contribution < -0.4 is 0 Å². The summed E-state index contributed by atoms with van der Waals surface area (Å²) in [6.45, 7) is -0.355. The normalized spacial score (nSPS) is 10.0. The van der Waals surface area contributed by atoms with Gasteiger partial charge in [-0.25, -0.2) is 4.79 Å². The molecule has 0 fully saturated rings. The first-order chi connectivity index (χ1) is 10.7. The molecule has 0 saturated heterocycles. The van der Waals surface area contributed by atoms with Crippen molar-refractivity contribution in [3.63, 3.8) is 0 Å². The highest BCUT2D eigenvalue weighted by atomic mass is 32.2. The molecule has 22 heavy (non-hydrogen) atoms. The second kappa shape index (κ2) is 8.89. The number of carbonyl (C=O) groups excluding carboxylic acids is 2. The predicted molar refractivity (Wildman–Crippen MR) is 85.3 cm³/mol. The van der Waals surface area contributed by atoms with Gasteiger partial charge >= 0.3 is 11.3 Å². The highest BCUT2D eigenvalue weighted by Gasteiger charge is 2.08. The first-order valence-electron chi connectivity index (χ1n) is 6.77. The van der Waals surface area contributed by atoms with E-state index in [1.165, 1.54) is 0 Å². The van der Waals surface area contributed by atoms with Crippen LogP contribution in [0.25, 0.3) is 0 Å². The van der Waals surface area contributed by atoms with E-state index in [4.69, 9.17) is 9.47 Å². The Morgan fingerprint density at radius 2 is 1.41 bits per heavy atom. The molecule has 0 amide bonds. The summed E-state index contributed by atoms with van der Waals surface area (Å²) in [7, 11) is 0. The third-order valence-electron chi connectivity index (χ3n) is 2.79. The summed E-state index contributed by atoms with van der Waals surface area (Å²) in [5.74, 6) is 0.101. The molecule has 4 nitrogen and oxygen atoms in total. The SMILES string of the molecule is O=C(Cc1ccccc1)OCOC(=O)SCc1ccccc1. The van der Waals surface area contributed by atoms with E-state index in [0.29, 0.717) is 5.75 Å². The van der Waals surface area contributed by atoms with E-state index in [0.717, 1.165) is 22.9 Å². The van der Waals surface area contributed by atoms with E-state index in [1.807, 2.05) is 60.7 Å². The van der Waals surface area contributed by atoms with E-state index in [-0.39, 0.29) is 13.2 Å². The molecule has 0 unspecified atom stereocenters. The molecule has 0 aliphatic rings. The Kier molecular flexibility index (Phi) is 6.51. The van der Waals surface area contributed by atoms with Gasteiger partial charge in [0.1, 0.15) is 0 Å². The van der Waals surface area contributed by atoms with Gasteiger partial charge in [-0.1, -0.05) is 60.7 Å². The topological polar surface area (TPSA) is 52.6 Å². The van der Waals surface area contributed by atoms with Crippen LogP contribution in [0.3, 0.4) is 0 Å². The first kappa shape index (κ1) is 16.1. The minimum Gasteiger partial charge on any atom is -0.428 e. The number of carbonyl (C=O) groups is 2. The Morgan fingerprint density at radius 3 is 2.05 bits per heavy atom. The van der Waals surface area contributed by atoms with E-state index in [2.05, 4.69) is 0 Å². The molecule has 0 aliphatic carbocycles. The lowest BCUT2D eigenvalue weighted by Crippen LogP contribution is -2.12. The van der Waals surface area contributed by atoms with Crippen molar-refractivity contribution in [1.82, 2.24) is 0 Å². The first-order valence-corrected chi connectivity index (χ1v) is 7.75. The molecular weight excluding hydrogens is 300 g/mol. The molecule has 0 heterocycles. The number of ether oxygens (including phenoxy) is 2. The molecular formula is C17H16O4S. The van der Waals surface area contributed by atoms with Crippen LogP contribution in [0, 0.1) is 0 Å². The molecule has 0 spiro atoms. The minimum absolute atomic E-state index is 0.162. The van der Waals surface area contributed by atoms with Crippen LogP contribution in [-0.4, -0.2) is 18.1 Å². The third kappa shape index (κ3) is 6.01. The van der Waals surface area contributed by atoms with Crippen LogP contribution in [0.15, 0.2) is 60.7 Å². The van der Waals surface area contributed by atoms with Crippen LogP contribution >= 0.6 is 11.8 Å². The fraction of sp³-hybridized carbons (Fsp3) is 0.176. The molecule has 0 aromatic heterocycles. The number of esters is 1. The van der Waals surface area contributed by atoms with Crippen molar-refractivity contribution in [3.8, 4) is 0 Å². The summed E-state index contributed by atoms with van der Waals surface area (Å²) in [6, 6.07) is 18.8. The monoisotopic (exact) mass is 316 g/mol. The van der Waals surface area contributed by atoms with Crippen LogP contribution in [-0.2, 0) is 26.4 Å². The van der Waals surface area contributed by atoms with Gasteiger partial charge in [-0.15, -0.1) is 0 Å². The van der Waals surface area contributed by atoms with Crippen molar-refractivity contribution in [2.45, 2.75) is 12.2 Å². The summed E-state index contributed by atoms with van der Waals surface area (Å²) < 4.78 is 9.73. The maximum absolute atomic E-state index is 11.6. The fourth-order valence-corrected chi connectivity index (χ4v) is 2.32. The van der Waals surface area contributed by atoms with E-state index in [9.17, 15) is 9.59 Å². The molecule has 0 atom stereocenters. The van der Waals surface area contributed by atoms with E-state index >= 15 is 0 Å². The lowest BCUT2D eigenvalue weighted by Gasteiger charge is -2.06. The molecule has 2 rings (SSSR count). The quantitative estimate of drug-likeness (QED) is 0.599. The average molecular weight is 316 g/mol. The Labute approximate surface area is 133 Å². The van der Waals surface area contributed by atoms with Crippen molar-refractivity contribution in [2.24, 2.45) is 0 Å². The Bertz CT molecular complexity index is 599. The van der Waals surface area contributed by atoms with Gasteiger partial charge in [0, 0.05) is 5.75 Å². The lowest BCUT2D eigenvalue weighted by atomic mass is 10.2. The molecule has 0 aliphatic heterocycles. The van der Waals surface area contributed by atoms with Crippen LogP contribution in [0.4, 0.5) is 4.79 Å². The molecule has 0 radical (unpaired) electrons. The zero-order chi connectivity index (χ0) is 15.6. The number of rotatable bonds is 6. The highest BCUT2D eigenvalue weighted by Crippen LogP contribution is 2.14. The minimum atomic E-state index is -0.462. The van der Waals surface area contributed by atoms with Gasteiger partial charge in [0.2, 0.25) is 6.79 Å². The van der Waals surface area contributed by atoms with Gasteiger partial charge in [0.25, 0.3) is 0 Å². The molecule has 2 aromatic carbocycles. The Hall–Kier alpha value is -2.27. The maximum atomic E-state index is 11.6. The summed E-state index contributed by atoms with van der Waals surface area (Å²) >= 11 is 1.03. The lowest BCUT2D eigenvalue weighted by molar-refractivity contribution is -0.150. The number of hydrogen-bond donors (Lipinski definition) is 0. The molecule has 0 bridgehead atoms. The van der Waals surface area contributed by atoms with Crippen LogP contribution in [0.2, 0.25) is 0 Å². The number of hydrogen-bond acceptors (Lipinski definition) is 5. The zero-order valence-corrected chi connectivity index (χ0v) is 12.8. The second-order valence-corrected chi connectivity index (χ2v) is 5.38. The number of benzene rings is 2. The van der Waals surface area contributed by atoms with Crippen molar-refractivity contribution in [1.29, 1.82) is 0 Å². The standard InChI is InChI=1S/C17H16O4S/c18-16(11-14-7-3-1-4-8-14)20-13-21-17(19)22-12-15-9-5-2-6-10-15/h1-10H,11-13H2. The van der Waals surface area contributed by atoms with Crippen LogP contribution in [0.1, 0.15) is 11.1 Å². The van der Waals surface area contributed by atoms with Gasteiger partial charge < -0.3 is 9.47 Å². The van der Waals surface area contributed by atoms with Crippen molar-refractivity contribution < 1.29 is 19.1 Å². The average Bonchev–Trinajstić information content (AvgIpc) is 2.55. The molecule has 2 aromatic rings.